The van der Waals surface area contributed by atoms with Crippen molar-refractivity contribution in [2.24, 2.45) is 0 Å². The molecule has 2 unspecified atom stereocenters. The highest BCUT2D eigenvalue weighted by atomic mass is 31.3. The minimum absolute atomic E-state index is 0.311. The molecule has 0 bridgehead atoms. The Balaban J connectivity index is 2.55. The third kappa shape index (κ3) is 5.53. The summed E-state index contributed by atoms with van der Waals surface area (Å²) < 4.78 is 29.0. The Morgan fingerprint density at radius 1 is 1.19 bits per heavy atom. The van der Waals surface area contributed by atoms with E-state index in [0.29, 0.717) is 5.56 Å². The zero-order chi connectivity index (χ0) is 12.2. The van der Waals surface area contributed by atoms with Crippen molar-refractivity contribution in [3.63, 3.8) is 0 Å². The SMILES string of the molecule is O=P([O-])(O)OP(=O)(O)OCc1ccccc1. The van der Waals surface area contributed by atoms with Crippen LogP contribution in [-0.4, -0.2) is 9.79 Å². The molecule has 2 N–H and O–H groups in total. The van der Waals surface area contributed by atoms with Crippen molar-refractivity contribution < 1.29 is 32.6 Å². The summed E-state index contributed by atoms with van der Waals surface area (Å²) in [5.74, 6) is 0. The molecule has 7 nitrogen and oxygen atoms in total. The first kappa shape index (κ1) is 13.5. The fraction of sp³-hybridized carbons (Fsp3) is 0.143. The zero-order valence-corrected chi connectivity index (χ0v) is 9.71. The summed E-state index contributed by atoms with van der Waals surface area (Å²) in [6, 6.07) is 8.29. The summed E-state index contributed by atoms with van der Waals surface area (Å²) in [5.41, 5.74) is 0.555. The molecule has 0 radical (unpaired) electrons. The highest BCUT2D eigenvalue weighted by Crippen LogP contribution is 2.55. The number of phosphoric ester groups is 1. The van der Waals surface area contributed by atoms with Crippen LogP contribution in [0.5, 0.6) is 0 Å². The smallest absolute Gasteiger partial charge is 0.479 e. The molecule has 2 atom stereocenters. The van der Waals surface area contributed by atoms with Crippen molar-refractivity contribution in [3.05, 3.63) is 35.9 Å². The van der Waals surface area contributed by atoms with Gasteiger partial charge in [0, 0.05) is 0 Å². The van der Waals surface area contributed by atoms with Crippen LogP contribution in [-0.2, 0) is 24.6 Å². The Morgan fingerprint density at radius 3 is 2.25 bits per heavy atom. The van der Waals surface area contributed by atoms with E-state index in [1.807, 2.05) is 0 Å². The summed E-state index contributed by atoms with van der Waals surface area (Å²) in [6.07, 6.45) is 0. The van der Waals surface area contributed by atoms with Gasteiger partial charge in [-0.3, -0.25) is 9.09 Å². The summed E-state index contributed by atoms with van der Waals surface area (Å²) >= 11 is 0. The van der Waals surface area contributed by atoms with Crippen LogP contribution in [0.1, 0.15) is 5.56 Å². The van der Waals surface area contributed by atoms with E-state index < -0.39 is 15.6 Å². The lowest BCUT2D eigenvalue weighted by atomic mass is 10.2. The van der Waals surface area contributed by atoms with Crippen LogP contribution in [0, 0.1) is 0 Å². The maximum atomic E-state index is 11.0. The molecule has 90 valence electrons. The van der Waals surface area contributed by atoms with E-state index in [2.05, 4.69) is 8.83 Å². The Bertz CT molecular complexity index is 426. The molecule has 0 aliphatic heterocycles. The molecule has 1 aromatic carbocycles. The van der Waals surface area contributed by atoms with Crippen LogP contribution < -0.4 is 4.89 Å². The second-order valence-electron chi connectivity index (χ2n) is 2.78. The van der Waals surface area contributed by atoms with Crippen LogP contribution in [0.3, 0.4) is 0 Å². The lowest BCUT2D eigenvalue weighted by molar-refractivity contribution is -0.212. The molecule has 0 saturated heterocycles. The van der Waals surface area contributed by atoms with Crippen molar-refractivity contribution in [2.45, 2.75) is 6.61 Å². The molecule has 0 amide bonds. The Labute approximate surface area is 91.5 Å². The maximum Gasteiger partial charge on any atom is 0.479 e. The number of hydrogen-bond donors (Lipinski definition) is 2. The maximum absolute atomic E-state index is 11.0. The molecule has 0 aliphatic rings. The molecule has 0 aromatic heterocycles. The first-order valence-electron chi connectivity index (χ1n) is 4.05. The number of hydrogen-bond acceptors (Lipinski definition) is 5. The second-order valence-corrected chi connectivity index (χ2v) is 5.56. The molecule has 0 spiro atoms. The summed E-state index contributed by atoms with van der Waals surface area (Å²) in [5, 5.41) is 0. The zero-order valence-electron chi connectivity index (χ0n) is 7.92. The van der Waals surface area contributed by atoms with Gasteiger partial charge in [0.25, 0.3) is 7.82 Å². The number of phosphoric acid groups is 2. The topological polar surface area (TPSA) is 116 Å². The van der Waals surface area contributed by atoms with Crippen molar-refractivity contribution in [2.75, 3.05) is 0 Å². The van der Waals surface area contributed by atoms with Crippen molar-refractivity contribution in [1.82, 2.24) is 0 Å². The average molecular weight is 267 g/mol. The summed E-state index contributed by atoms with van der Waals surface area (Å²) in [4.78, 5) is 27.3. The van der Waals surface area contributed by atoms with Gasteiger partial charge in [0.05, 0.1) is 6.61 Å². The van der Waals surface area contributed by atoms with E-state index in [4.69, 9.17) is 9.79 Å². The fourth-order valence-corrected chi connectivity index (χ4v) is 2.43. The third-order valence-electron chi connectivity index (χ3n) is 1.44. The molecule has 0 saturated carbocycles. The first-order valence-corrected chi connectivity index (χ1v) is 7.04. The molecule has 1 rings (SSSR count). The van der Waals surface area contributed by atoms with Crippen molar-refractivity contribution >= 4 is 15.6 Å². The van der Waals surface area contributed by atoms with Gasteiger partial charge in [-0.15, -0.1) is 0 Å². The van der Waals surface area contributed by atoms with Gasteiger partial charge < -0.3 is 14.7 Å². The Morgan fingerprint density at radius 2 is 1.75 bits per heavy atom. The Hall–Kier alpha value is -0.520. The number of rotatable bonds is 5. The highest BCUT2D eigenvalue weighted by molar-refractivity contribution is 7.60. The fourth-order valence-electron chi connectivity index (χ4n) is 0.884. The molecular formula is C7H9O7P2-. The van der Waals surface area contributed by atoms with Crippen LogP contribution >= 0.6 is 15.6 Å². The molecule has 9 heteroatoms. The Kier molecular flexibility index (Phi) is 4.41. The molecule has 16 heavy (non-hydrogen) atoms. The predicted octanol–water partition coefficient (Wildman–Crippen LogP) is 0.781. The van der Waals surface area contributed by atoms with Gasteiger partial charge in [-0.25, -0.2) is 8.88 Å². The summed E-state index contributed by atoms with van der Waals surface area (Å²) in [6.45, 7) is -0.311. The lowest BCUT2D eigenvalue weighted by Crippen LogP contribution is -2.03. The van der Waals surface area contributed by atoms with Gasteiger partial charge in [-0.2, -0.15) is 0 Å². The van der Waals surface area contributed by atoms with Crippen molar-refractivity contribution in [1.29, 1.82) is 0 Å². The van der Waals surface area contributed by atoms with E-state index in [1.165, 1.54) is 0 Å². The van der Waals surface area contributed by atoms with E-state index >= 15 is 0 Å². The highest BCUT2D eigenvalue weighted by Gasteiger charge is 2.26. The minimum atomic E-state index is -5.30. The van der Waals surface area contributed by atoms with Crippen molar-refractivity contribution in [3.8, 4) is 0 Å². The second kappa shape index (κ2) is 5.21. The first-order chi connectivity index (χ1) is 7.29. The largest absolute Gasteiger partial charge is 0.756 e. The summed E-state index contributed by atoms with van der Waals surface area (Å²) in [7, 11) is -10.1. The molecule has 0 fully saturated rings. The van der Waals surface area contributed by atoms with Crippen LogP contribution in [0.25, 0.3) is 0 Å². The quantitative estimate of drug-likeness (QED) is 0.757. The van der Waals surface area contributed by atoms with Gasteiger partial charge in [0.15, 0.2) is 0 Å². The monoisotopic (exact) mass is 267 g/mol. The molecule has 0 heterocycles. The third-order valence-corrected chi connectivity index (χ3v) is 3.55. The van der Waals surface area contributed by atoms with E-state index in [9.17, 15) is 14.0 Å². The van der Waals surface area contributed by atoms with Gasteiger partial charge in [-0.05, 0) is 5.56 Å². The predicted molar refractivity (Wildman–Crippen MR) is 52.0 cm³/mol. The number of benzene rings is 1. The van der Waals surface area contributed by atoms with Gasteiger partial charge >= 0.3 is 7.82 Å². The van der Waals surface area contributed by atoms with Crippen LogP contribution in [0.15, 0.2) is 30.3 Å². The van der Waals surface area contributed by atoms with E-state index in [-0.39, 0.29) is 6.61 Å². The van der Waals surface area contributed by atoms with E-state index in [1.54, 1.807) is 30.3 Å². The molecule has 1 aromatic rings. The molecule has 0 aliphatic carbocycles. The lowest BCUT2D eigenvalue weighted by Gasteiger charge is -2.18. The molecular weight excluding hydrogens is 258 g/mol. The standard InChI is InChI=1S/C7H10O7P2/c8-15(9,10)14-16(11,12)13-6-7-4-2-1-3-5-7/h1-5H,6H2,(H,11,12)(H2,8,9,10)/p-1. The van der Waals surface area contributed by atoms with Gasteiger partial charge in [0.2, 0.25) is 0 Å². The minimum Gasteiger partial charge on any atom is -0.756 e. The van der Waals surface area contributed by atoms with Crippen LogP contribution in [0.4, 0.5) is 0 Å². The normalized spacial score (nSPS) is 18.7. The van der Waals surface area contributed by atoms with Gasteiger partial charge in [0.1, 0.15) is 0 Å². The van der Waals surface area contributed by atoms with Gasteiger partial charge in [-0.1, -0.05) is 30.3 Å². The van der Waals surface area contributed by atoms with E-state index in [0.717, 1.165) is 0 Å². The van der Waals surface area contributed by atoms with Crippen LogP contribution in [0.2, 0.25) is 0 Å². The average Bonchev–Trinajstić information content (AvgIpc) is 2.13.